The van der Waals surface area contributed by atoms with Gasteiger partial charge >= 0.3 is 0 Å². The summed E-state index contributed by atoms with van der Waals surface area (Å²) < 4.78 is 5.60. The number of ether oxygens (including phenoxy) is 1. The zero-order valence-corrected chi connectivity index (χ0v) is 11.8. The Kier molecular flexibility index (Phi) is 2.20. The van der Waals surface area contributed by atoms with Crippen molar-refractivity contribution in [1.82, 2.24) is 0 Å². The summed E-state index contributed by atoms with van der Waals surface area (Å²) in [5.41, 5.74) is 1.91. The van der Waals surface area contributed by atoms with Gasteiger partial charge in [-0.05, 0) is 72.6 Å². The standard InChI is InChI=1S/C18H22O2/c19-18(13-4-5-17-11(8-13)6-7-20-17)10-12-9-16(18)15-3-1-2-14(12)15/h4-5,8,12,14-16,19H,1-3,6-7,9-10H2. The summed E-state index contributed by atoms with van der Waals surface area (Å²) in [6.07, 6.45) is 7.41. The molecule has 1 aliphatic heterocycles. The summed E-state index contributed by atoms with van der Waals surface area (Å²) in [7, 11) is 0. The van der Waals surface area contributed by atoms with Gasteiger partial charge in [0.2, 0.25) is 0 Å². The van der Waals surface area contributed by atoms with Crippen LogP contribution in [0.25, 0.3) is 0 Å². The van der Waals surface area contributed by atoms with Crippen LogP contribution in [0.2, 0.25) is 0 Å². The normalized spacial score (nSPS) is 44.5. The first kappa shape index (κ1) is 11.6. The zero-order chi connectivity index (χ0) is 13.3. The van der Waals surface area contributed by atoms with Crippen LogP contribution in [-0.4, -0.2) is 11.7 Å². The molecule has 3 saturated carbocycles. The Morgan fingerprint density at radius 3 is 3.05 bits per heavy atom. The van der Waals surface area contributed by atoms with Crippen molar-refractivity contribution < 1.29 is 9.84 Å². The van der Waals surface area contributed by atoms with Crippen LogP contribution in [0, 0.1) is 23.7 Å². The van der Waals surface area contributed by atoms with Crippen LogP contribution >= 0.6 is 0 Å². The second-order valence-corrected chi connectivity index (χ2v) is 7.41. The maximum absolute atomic E-state index is 11.4. The highest BCUT2D eigenvalue weighted by Gasteiger charge is 2.60. The van der Waals surface area contributed by atoms with Gasteiger partial charge in [-0.25, -0.2) is 0 Å². The lowest BCUT2D eigenvalue weighted by Gasteiger charge is -2.39. The van der Waals surface area contributed by atoms with Crippen LogP contribution in [0.5, 0.6) is 5.75 Å². The van der Waals surface area contributed by atoms with Gasteiger partial charge in [0.25, 0.3) is 0 Å². The Morgan fingerprint density at radius 1 is 1.20 bits per heavy atom. The fourth-order valence-electron chi connectivity index (χ4n) is 5.90. The van der Waals surface area contributed by atoms with Crippen molar-refractivity contribution >= 4 is 0 Å². The van der Waals surface area contributed by atoms with Crippen molar-refractivity contribution in [3.63, 3.8) is 0 Å². The van der Waals surface area contributed by atoms with E-state index in [9.17, 15) is 5.11 Å². The molecule has 0 amide bonds. The highest BCUT2D eigenvalue weighted by Crippen LogP contribution is 2.65. The first-order valence-electron chi connectivity index (χ1n) is 8.24. The fourth-order valence-corrected chi connectivity index (χ4v) is 5.90. The van der Waals surface area contributed by atoms with Crippen LogP contribution in [0.4, 0.5) is 0 Å². The fraction of sp³-hybridized carbons (Fsp3) is 0.667. The predicted molar refractivity (Wildman–Crippen MR) is 76.6 cm³/mol. The SMILES string of the molecule is OC1(c2ccc3c(c2)CCO3)CC2CC1C1CCCC21. The molecule has 106 valence electrons. The van der Waals surface area contributed by atoms with Crippen molar-refractivity contribution in [2.75, 3.05) is 6.61 Å². The molecule has 2 heteroatoms. The third kappa shape index (κ3) is 1.34. The summed E-state index contributed by atoms with van der Waals surface area (Å²) >= 11 is 0. The summed E-state index contributed by atoms with van der Waals surface area (Å²) in [5.74, 6) is 4.04. The van der Waals surface area contributed by atoms with E-state index in [1.54, 1.807) is 0 Å². The van der Waals surface area contributed by atoms with Crippen LogP contribution < -0.4 is 4.74 Å². The average molecular weight is 270 g/mol. The Morgan fingerprint density at radius 2 is 2.10 bits per heavy atom. The largest absolute Gasteiger partial charge is 0.493 e. The molecule has 1 aromatic carbocycles. The molecule has 1 heterocycles. The lowest BCUT2D eigenvalue weighted by Crippen LogP contribution is -2.39. The molecular weight excluding hydrogens is 248 g/mol. The molecule has 0 aromatic heterocycles. The number of rotatable bonds is 1. The maximum Gasteiger partial charge on any atom is 0.122 e. The summed E-state index contributed by atoms with van der Waals surface area (Å²) in [4.78, 5) is 0. The highest BCUT2D eigenvalue weighted by molar-refractivity contribution is 5.42. The van der Waals surface area contributed by atoms with Gasteiger partial charge in [0.15, 0.2) is 0 Å². The minimum atomic E-state index is -0.548. The van der Waals surface area contributed by atoms with Gasteiger partial charge in [-0.3, -0.25) is 0 Å². The van der Waals surface area contributed by atoms with E-state index in [2.05, 4.69) is 18.2 Å². The number of aliphatic hydroxyl groups is 1. The van der Waals surface area contributed by atoms with Crippen molar-refractivity contribution in [2.45, 2.75) is 44.1 Å². The molecule has 2 nitrogen and oxygen atoms in total. The Bertz CT molecular complexity index is 567. The van der Waals surface area contributed by atoms with Gasteiger partial charge in [0, 0.05) is 6.42 Å². The Hall–Kier alpha value is -1.02. The minimum Gasteiger partial charge on any atom is -0.493 e. The molecule has 2 bridgehead atoms. The zero-order valence-electron chi connectivity index (χ0n) is 11.8. The van der Waals surface area contributed by atoms with Crippen LogP contribution in [-0.2, 0) is 12.0 Å². The van der Waals surface area contributed by atoms with E-state index in [0.717, 1.165) is 43.0 Å². The van der Waals surface area contributed by atoms with Crippen molar-refractivity contribution in [2.24, 2.45) is 23.7 Å². The summed E-state index contributed by atoms with van der Waals surface area (Å²) in [5, 5.41) is 11.4. The molecule has 0 radical (unpaired) electrons. The van der Waals surface area contributed by atoms with Gasteiger partial charge in [0.05, 0.1) is 12.2 Å². The van der Waals surface area contributed by atoms with E-state index < -0.39 is 5.60 Å². The van der Waals surface area contributed by atoms with Crippen LogP contribution in [0.3, 0.4) is 0 Å². The van der Waals surface area contributed by atoms with E-state index in [0.29, 0.717) is 5.92 Å². The molecule has 20 heavy (non-hydrogen) atoms. The first-order chi connectivity index (χ1) is 9.75. The van der Waals surface area contributed by atoms with Gasteiger partial charge < -0.3 is 9.84 Å². The monoisotopic (exact) mass is 270 g/mol. The van der Waals surface area contributed by atoms with Gasteiger partial charge in [0.1, 0.15) is 5.75 Å². The average Bonchev–Trinajstić information content (AvgIpc) is 3.18. The van der Waals surface area contributed by atoms with Gasteiger partial charge in [-0.1, -0.05) is 12.5 Å². The van der Waals surface area contributed by atoms with Crippen LogP contribution in [0.15, 0.2) is 18.2 Å². The molecule has 4 aliphatic rings. The molecule has 3 aliphatic carbocycles. The quantitative estimate of drug-likeness (QED) is 0.848. The number of hydrogen-bond acceptors (Lipinski definition) is 2. The molecule has 5 rings (SSSR count). The third-order valence-electron chi connectivity index (χ3n) is 6.68. The molecule has 3 fully saturated rings. The first-order valence-corrected chi connectivity index (χ1v) is 8.24. The lowest BCUT2D eigenvalue weighted by molar-refractivity contribution is -0.0513. The van der Waals surface area contributed by atoms with E-state index in [-0.39, 0.29) is 0 Å². The summed E-state index contributed by atoms with van der Waals surface area (Å²) in [6.45, 7) is 0.800. The molecular formula is C18H22O2. The van der Waals surface area contributed by atoms with Gasteiger partial charge in [-0.15, -0.1) is 0 Å². The third-order valence-corrected chi connectivity index (χ3v) is 6.68. The number of hydrogen-bond donors (Lipinski definition) is 1. The molecule has 0 saturated heterocycles. The second kappa shape index (κ2) is 3.79. The molecule has 0 spiro atoms. The Labute approximate surface area is 120 Å². The van der Waals surface area contributed by atoms with Crippen molar-refractivity contribution in [1.29, 1.82) is 0 Å². The predicted octanol–water partition coefficient (Wildman–Crippen LogP) is 3.27. The molecule has 5 unspecified atom stereocenters. The van der Waals surface area contributed by atoms with Crippen molar-refractivity contribution in [3.05, 3.63) is 29.3 Å². The smallest absolute Gasteiger partial charge is 0.122 e. The number of fused-ring (bicyclic) bond motifs is 6. The molecule has 1 N–H and O–H groups in total. The van der Waals surface area contributed by atoms with E-state index in [1.807, 2.05) is 0 Å². The van der Waals surface area contributed by atoms with Crippen LogP contribution in [0.1, 0.15) is 43.2 Å². The Balaban J connectivity index is 1.54. The van der Waals surface area contributed by atoms with Gasteiger partial charge in [-0.2, -0.15) is 0 Å². The highest BCUT2D eigenvalue weighted by atomic mass is 16.5. The minimum absolute atomic E-state index is 0.514. The number of benzene rings is 1. The maximum atomic E-state index is 11.4. The topological polar surface area (TPSA) is 29.5 Å². The lowest BCUT2D eigenvalue weighted by atomic mass is 9.70. The molecule has 5 atom stereocenters. The van der Waals surface area contributed by atoms with E-state index in [4.69, 9.17) is 4.74 Å². The van der Waals surface area contributed by atoms with E-state index >= 15 is 0 Å². The van der Waals surface area contributed by atoms with Crippen molar-refractivity contribution in [3.8, 4) is 5.75 Å². The van der Waals surface area contributed by atoms with E-state index in [1.165, 1.54) is 36.8 Å². The summed E-state index contributed by atoms with van der Waals surface area (Å²) in [6, 6.07) is 6.43. The second-order valence-electron chi connectivity index (χ2n) is 7.41. The molecule has 1 aromatic rings.